The number of hydrazone groups is 1. The molecule has 4 nitrogen and oxygen atoms in total. The molecule has 2 N–H and O–H groups in total. The quantitative estimate of drug-likeness (QED) is 0.555. The summed E-state index contributed by atoms with van der Waals surface area (Å²) in [5, 5.41) is 14.8. The van der Waals surface area contributed by atoms with E-state index in [2.05, 4.69) is 31.4 Å². The Morgan fingerprint density at radius 1 is 1.05 bits per heavy atom. The number of aromatic hydroxyl groups is 1. The molecule has 0 saturated heterocycles. The maximum atomic E-state index is 9.80. The lowest BCUT2D eigenvalue weighted by atomic mass is 10.2. The second-order valence-corrected chi connectivity index (χ2v) is 5.38. The molecule has 3 aromatic rings. The van der Waals surface area contributed by atoms with Crippen molar-refractivity contribution in [3.05, 3.63) is 64.8 Å². The minimum absolute atomic E-state index is 0.170. The number of para-hydroxylation sites is 1. The fourth-order valence-electron chi connectivity index (χ4n) is 1.92. The molecule has 0 atom stereocenters. The molecule has 0 bridgehead atoms. The van der Waals surface area contributed by atoms with E-state index in [-0.39, 0.29) is 5.75 Å². The van der Waals surface area contributed by atoms with E-state index in [1.165, 1.54) is 0 Å². The van der Waals surface area contributed by atoms with E-state index in [0.29, 0.717) is 11.2 Å². The number of rotatable bonds is 3. The Balaban J connectivity index is 1.79. The molecule has 0 fully saturated rings. The van der Waals surface area contributed by atoms with Gasteiger partial charge < -0.3 is 5.11 Å². The van der Waals surface area contributed by atoms with E-state index < -0.39 is 0 Å². The number of phenols is 1. The van der Waals surface area contributed by atoms with Gasteiger partial charge in [0.1, 0.15) is 11.3 Å². The monoisotopic (exact) mass is 341 g/mol. The van der Waals surface area contributed by atoms with E-state index in [9.17, 15) is 5.11 Å². The zero-order valence-corrected chi connectivity index (χ0v) is 12.6. The van der Waals surface area contributed by atoms with E-state index in [4.69, 9.17) is 0 Å². The van der Waals surface area contributed by atoms with Crippen molar-refractivity contribution in [1.82, 2.24) is 4.98 Å². The second kappa shape index (κ2) is 5.93. The molecule has 21 heavy (non-hydrogen) atoms. The molecular weight excluding hydrogens is 330 g/mol. The smallest absolute Gasteiger partial charge is 0.141 e. The minimum atomic E-state index is 0.170. The van der Waals surface area contributed by atoms with Crippen molar-refractivity contribution < 1.29 is 5.11 Å². The van der Waals surface area contributed by atoms with Crippen LogP contribution < -0.4 is 5.43 Å². The first kappa shape index (κ1) is 13.6. The molecule has 0 aliphatic rings. The number of anilines is 1. The van der Waals surface area contributed by atoms with E-state index in [1.807, 2.05) is 42.5 Å². The van der Waals surface area contributed by atoms with Crippen molar-refractivity contribution in [2.24, 2.45) is 5.10 Å². The minimum Gasteiger partial charge on any atom is -0.506 e. The van der Waals surface area contributed by atoms with Crippen molar-refractivity contribution >= 4 is 38.7 Å². The number of benzene rings is 2. The summed E-state index contributed by atoms with van der Waals surface area (Å²) in [7, 11) is 0. The first-order chi connectivity index (χ1) is 10.2. The molecule has 0 aliphatic carbocycles. The number of fused-ring (bicyclic) bond motifs is 1. The predicted molar refractivity (Wildman–Crippen MR) is 88.8 cm³/mol. The van der Waals surface area contributed by atoms with E-state index in [1.54, 1.807) is 18.3 Å². The lowest BCUT2D eigenvalue weighted by Crippen LogP contribution is -1.93. The van der Waals surface area contributed by atoms with Crippen molar-refractivity contribution in [3.63, 3.8) is 0 Å². The van der Waals surface area contributed by atoms with E-state index in [0.717, 1.165) is 15.5 Å². The highest BCUT2D eigenvalue weighted by Crippen LogP contribution is 2.21. The first-order valence-corrected chi connectivity index (χ1v) is 7.15. The van der Waals surface area contributed by atoms with Crippen LogP contribution in [-0.4, -0.2) is 16.3 Å². The third kappa shape index (κ3) is 3.20. The molecular formula is C16H12BrN3O. The Kier molecular flexibility index (Phi) is 3.83. The maximum absolute atomic E-state index is 9.80. The van der Waals surface area contributed by atoms with Crippen molar-refractivity contribution in [3.8, 4) is 5.75 Å². The Hall–Kier alpha value is -2.40. The van der Waals surface area contributed by atoms with Crippen LogP contribution in [0.25, 0.3) is 10.9 Å². The third-order valence-electron chi connectivity index (χ3n) is 2.96. The molecule has 3 rings (SSSR count). The molecule has 0 radical (unpaired) electrons. The van der Waals surface area contributed by atoms with Gasteiger partial charge in [-0.05, 0) is 36.4 Å². The first-order valence-electron chi connectivity index (χ1n) is 6.36. The highest BCUT2D eigenvalue weighted by molar-refractivity contribution is 9.10. The number of nitrogens with one attached hydrogen (secondary N) is 1. The maximum Gasteiger partial charge on any atom is 0.141 e. The van der Waals surface area contributed by atoms with Gasteiger partial charge in [0.05, 0.1) is 17.6 Å². The van der Waals surface area contributed by atoms with E-state index >= 15 is 0 Å². The normalized spacial score (nSPS) is 11.1. The van der Waals surface area contributed by atoms with Gasteiger partial charge in [0.25, 0.3) is 0 Å². The predicted octanol–water partition coefficient (Wildman–Crippen LogP) is 4.15. The standard InChI is InChI=1S/C16H12BrN3O/c17-12-5-8-13(9-6-12)20-18-10-14-7-4-11-2-1-3-15(21)16(11)19-14/h1-10,20-21H/b18-10+. The Bertz CT molecular complexity index is 800. The summed E-state index contributed by atoms with van der Waals surface area (Å²) in [4.78, 5) is 4.37. The van der Waals surface area contributed by atoms with Gasteiger partial charge in [0, 0.05) is 9.86 Å². The molecule has 2 aromatic carbocycles. The van der Waals surface area contributed by atoms with Crippen LogP contribution in [-0.2, 0) is 0 Å². The molecule has 0 unspecified atom stereocenters. The lowest BCUT2D eigenvalue weighted by molar-refractivity contribution is 0.480. The summed E-state index contributed by atoms with van der Waals surface area (Å²) in [6, 6.07) is 16.8. The van der Waals surface area contributed by atoms with Gasteiger partial charge >= 0.3 is 0 Å². The van der Waals surface area contributed by atoms with Gasteiger partial charge in [-0.1, -0.05) is 34.1 Å². The number of hydrogen-bond acceptors (Lipinski definition) is 4. The van der Waals surface area contributed by atoms with Crippen LogP contribution in [0.5, 0.6) is 5.75 Å². The van der Waals surface area contributed by atoms with Crippen LogP contribution in [0.3, 0.4) is 0 Å². The SMILES string of the molecule is Oc1cccc2ccc(/C=N/Nc3ccc(Br)cc3)nc12. The largest absolute Gasteiger partial charge is 0.506 e. The zero-order chi connectivity index (χ0) is 14.7. The van der Waals surface area contributed by atoms with Crippen LogP contribution >= 0.6 is 15.9 Å². The van der Waals surface area contributed by atoms with Crippen LogP contribution in [0.1, 0.15) is 5.69 Å². The summed E-state index contributed by atoms with van der Waals surface area (Å²) in [6.45, 7) is 0. The van der Waals surface area contributed by atoms with Crippen molar-refractivity contribution in [2.45, 2.75) is 0 Å². The summed E-state index contributed by atoms with van der Waals surface area (Å²) in [6.07, 6.45) is 1.62. The van der Waals surface area contributed by atoms with Crippen molar-refractivity contribution in [2.75, 3.05) is 5.43 Å². The number of hydrogen-bond donors (Lipinski definition) is 2. The van der Waals surface area contributed by atoms with Gasteiger partial charge in [-0.15, -0.1) is 0 Å². The lowest BCUT2D eigenvalue weighted by Gasteiger charge is -2.02. The molecule has 0 amide bonds. The highest BCUT2D eigenvalue weighted by Gasteiger charge is 2.01. The molecule has 1 heterocycles. The van der Waals surface area contributed by atoms with Crippen LogP contribution in [0.4, 0.5) is 5.69 Å². The molecule has 5 heteroatoms. The highest BCUT2D eigenvalue weighted by atomic mass is 79.9. The van der Waals surface area contributed by atoms with Gasteiger partial charge in [-0.2, -0.15) is 5.10 Å². The Morgan fingerprint density at radius 3 is 2.67 bits per heavy atom. The molecule has 0 aliphatic heterocycles. The van der Waals surface area contributed by atoms with Gasteiger partial charge in [0.2, 0.25) is 0 Å². The summed E-state index contributed by atoms with van der Waals surface area (Å²) < 4.78 is 1.02. The molecule has 0 saturated carbocycles. The fourth-order valence-corrected chi connectivity index (χ4v) is 2.18. The van der Waals surface area contributed by atoms with Crippen LogP contribution in [0.2, 0.25) is 0 Å². The third-order valence-corrected chi connectivity index (χ3v) is 3.48. The van der Waals surface area contributed by atoms with Gasteiger partial charge in [-0.3, -0.25) is 5.43 Å². The fraction of sp³-hybridized carbons (Fsp3) is 0. The van der Waals surface area contributed by atoms with Gasteiger partial charge in [0.15, 0.2) is 0 Å². The molecule has 104 valence electrons. The Labute approximate surface area is 130 Å². The second-order valence-electron chi connectivity index (χ2n) is 4.46. The summed E-state index contributed by atoms with van der Waals surface area (Å²) in [5.41, 5.74) is 5.07. The topological polar surface area (TPSA) is 57.5 Å². The number of phenolic OH excluding ortho intramolecular Hbond substituents is 1. The van der Waals surface area contributed by atoms with Crippen LogP contribution in [0.15, 0.2) is 64.2 Å². The van der Waals surface area contributed by atoms with Crippen LogP contribution in [0, 0.1) is 0 Å². The van der Waals surface area contributed by atoms with Crippen molar-refractivity contribution in [1.29, 1.82) is 0 Å². The molecule has 1 aromatic heterocycles. The molecule has 0 spiro atoms. The summed E-state index contributed by atoms with van der Waals surface area (Å²) in [5.74, 6) is 0.170. The zero-order valence-electron chi connectivity index (χ0n) is 11.0. The average molecular weight is 342 g/mol. The number of pyridine rings is 1. The van der Waals surface area contributed by atoms with Gasteiger partial charge in [-0.25, -0.2) is 4.98 Å². The number of nitrogens with zero attached hydrogens (tertiary/aromatic N) is 2. The number of aromatic nitrogens is 1. The number of halogens is 1. The summed E-state index contributed by atoms with van der Waals surface area (Å²) >= 11 is 3.38. The average Bonchev–Trinajstić information content (AvgIpc) is 2.50. The Morgan fingerprint density at radius 2 is 1.86 bits per heavy atom.